The van der Waals surface area contributed by atoms with Gasteiger partial charge in [0.15, 0.2) is 0 Å². The van der Waals surface area contributed by atoms with E-state index < -0.39 is 0 Å². The van der Waals surface area contributed by atoms with Gasteiger partial charge in [-0.2, -0.15) is 0 Å². The number of hydrogen-bond acceptors (Lipinski definition) is 3. The maximum atomic E-state index is 9.13. The van der Waals surface area contributed by atoms with Crippen LogP contribution in [0.4, 0.5) is 0 Å². The van der Waals surface area contributed by atoms with Gasteiger partial charge in [-0.25, -0.2) is 0 Å². The molecule has 0 aliphatic heterocycles. The maximum absolute atomic E-state index is 9.13. The van der Waals surface area contributed by atoms with Gasteiger partial charge in [-0.15, -0.1) is 0 Å². The summed E-state index contributed by atoms with van der Waals surface area (Å²) in [6, 6.07) is 11.4. The molecule has 1 unspecified atom stereocenters. The van der Waals surface area contributed by atoms with Gasteiger partial charge in [0.2, 0.25) is 0 Å². The van der Waals surface area contributed by atoms with Crippen LogP contribution in [0.1, 0.15) is 12.7 Å². The van der Waals surface area contributed by atoms with Crippen molar-refractivity contribution < 1.29 is 9.52 Å². The lowest BCUT2D eigenvalue weighted by Gasteiger charge is -2.04. The number of nitrogens with one attached hydrogen (secondary N) is 1. The third-order valence-corrected chi connectivity index (χ3v) is 2.78. The molecular formula is C14H16ClNO2. The van der Waals surface area contributed by atoms with E-state index in [1.54, 1.807) is 6.92 Å². The lowest BCUT2D eigenvalue weighted by atomic mass is 10.2. The van der Waals surface area contributed by atoms with Crippen LogP contribution in [0.15, 0.2) is 40.8 Å². The molecule has 0 amide bonds. The van der Waals surface area contributed by atoms with Gasteiger partial charge in [0, 0.05) is 17.1 Å². The molecule has 0 radical (unpaired) electrons. The quantitative estimate of drug-likeness (QED) is 0.873. The van der Waals surface area contributed by atoms with Crippen LogP contribution in [0.25, 0.3) is 11.3 Å². The first-order valence-electron chi connectivity index (χ1n) is 5.88. The first-order chi connectivity index (χ1) is 8.65. The Morgan fingerprint density at radius 2 is 1.94 bits per heavy atom. The fraction of sp³-hybridized carbons (Fsp3) is 0.286. The van der Waals surface area contributed by atoms with Crippen molar-refractivity contribution in [2.75, 3.05) is 6.54 Å². The fourth-order valence-electron chi connectivity index (χ4n) is 1.65. The van der Waals surface area contributed by atoms with E-state index in [-0.39, 0.29) is 6.10 Å². The van der Waals surface area contributed by atoms with Crippen molar-refractivity contribution in [3.05, 3.63) is 47.2 Å². The highest BCUT2D eigenvalue weighted by molar-refractivity contribution is 6.30. The van der Waals surface area contributed by atoms with Gasteiger partial charge in [-0.1, -0.05) is 11.6 Å². The summed E-state index contributed by atoms with van der Waals surface area (Å²) < 4.78 is 5.70. The van der Waals surface area contributed by atoms with E-state index in [1.165, 1.54) is 0 Å². The summed E-state index contributed by atoms with van der Waals surface area (Å²) in [5.41, 5.74) is 1.00. The van der Waals surface area contributed by atoms with E-state index in [4.69, 9.17) is 21.1 Å². The Morgan fingerprint density at radius 3 is 2.61 bits per heavy atom. The Labute approximate surface area is 111 Å². The minimum atomic E-state index is -0.351. The van der Waals surface area contributed by atoms with E-state index in [1.807, 2.05) is 36.4 Å². The van der Waals surface area contributed by atoms with Gasteiger partial charge < -0.3 is 14.8 Å². The summed E-state index contributed by atoms with van der Waals surface area (Å²) in [4.78, 5) is 0. The van der Waals surface area contributed by atoms with E-state index in [0.29, 0.717) is 18.1 Å². The normalized spacial score (nSPS) is 12.6. The number of hydrogen-bond donors (Lipinski definition) is 2. The average molecular weight is 266 g/mol. The zero-order valence-electron chi connectivity index (χ0n) is 10.2. The van der Waals surface area contributed by atoms with Crippen LogP contribution in [0.5, 0.6) is 0 Å². The Hall–Kier alpha value is -1.29. The first kappa shape index (κ1) is 13.1. The smallest absolute Gasteiger partial charge is 0.134 e. The molecule has 0 aliphatic carbocycles. The molecule has 2 aromatic rings. The van der Waals surface area contributed by atoms with Crippen molar-refractivity contribution in [2.45, 2.75) is 19.6 Å². The molecular weight excluding hydrogens is 250 g/mol. The Morgan fingerprint density at radius 1 is 1.22 bits per heavy atom. The highest BCUT2D eigenvalue weighted by Crippen LogP contribution is 2.23. The summed E-state index contributed by atoms with van der Waals surface area (Å²) >= 11 is 5.84. The van der Waals surface area contributed by atoms with Gasteiger partial charge in [0.05, 0.1) is 12.6 Å². The number of furan rings is 1. The second-order valence-electron chi connectivity index (χ2n) is 4.25. The molecule has 4 heteroatoms. The van der Waals surface area contributed by atoms with E-state index in [2.05, 4.69) is 5.32 Å². The monoisotopic (exact) mass is 265 g/mol. The highest BCUT2D eigenvalue weighted by Gasteiger charge is 2.05. The second-order valence-corrected chi connectivity index (χ2v) is 4.69. The number of benzene rings is 1. The molecule has 3 nitrogen and oxygen atoms in total. The van der Waals surface area contributed by atoms with Crippen molar-refractivity contribution in [3.8, 4) is 11.3 Å². The lowest BCUT2D eigenvalue weighted by Crippen LogP contribution is -2.23. The van der Waals surface area contributed by atoms with E-state index >= 15 is 0 Å². The first-order valence-corrected chi connectivity index (χ1v) is 6.26. The minimum Gasteiger partial charge on any atom is -0.460 e. The van der Waals surface area contributed by atoms with Crippen LogP contribution in [0.3, 0.4) is 0 Å². The zero-order valence-corrected chi connectivity index (χ0v) is 10.9. The molecule has 2 rings (SSSR count). The van der Waals surface area contributed by atoms with Crippen molar-refractivity contribution in [1.29, 1.82) is 0 Å². The minimum absolute atomic E-state index is 0.351. The summed E-state index contributed by atoms with van der Waals surface area (Å²) in [6.45, 7) is 2.91. The second kappa shape index (κ2) is 6.05. The molecule has 0 fully saturated rings. The largest absolute Gasteiger partial charge is 0.460 e. The summed E-state index contributed by atoms with van der Waals surface area (Å²) in [5.74, 6) is 1.67. The molecule has 1 aromatic carbocycles. The van der Waals surface area contributed by atoms with Crippen molar-refractivity contribution in [3.63, 3.8) is 0 Å². The molecule has 0 saturated heterocycles. The van der Waals surface area contributed by atoms with Crippen LogP contribution in [-0.4, -0.2) is 17.8 Å². The molecule has 96 valence electrons. The molecule has 18 heavy (non-hydrogen) atoms. The van der Waals surface area contributed by atoms with Gasteiger partial charge in [0.1, 0.15) is 11.5 Å². The van der Waals surface area contributed by atoms with E-state index in [0.717, 1.165) is 17.1 Å². The molecule has 1 aromatic heterocycles. The summed E-state index contributed by atoms with van der Waals surface area (Å²) in [7, 11) is 0. The number of aliphatic hydroxyl groups is 1. The average Bonchev–Trinajstić information content (AvgIpc) is 2.78. The molecule has 0 aliphatic rings. The molecule has 0 saturated carbocycles. The molecule has 1 heterocycles. The van der Waals surface area contributed by atoms with Crippen molar-refractivity contribution in [1.82, 2.24) is 5.32 Å². The van der Waals surface area contributed by atoms with Gasteiger partial charge in [-0.3, -0.25) is 0 Å². The van der Waals surface area contributed by atoms with Crippen LogP contribution in [0, 0.1) is 0 Å². The summed E-state index contributed by atoms with van der Waals surface area (Å²) in [5, 5.41) is 13.0. The predicted octanol–water partition coefficient (Wildman–Crippen LogP) is 3.07. The van der Waals surface area contributed by atoms with Crippen LogP contribution in [-0.2, 0) is 6.54 Å². The Balaban J connectivity index is 1.99. The van der Waals surface area contributed by atoms with Gasteiger partial charge in [0.25, 0.3) is 0 Å². The molecule has 0 bridgehead atoms. The third kappa shape index (κ3) is 3.60. The van der Waals surface area contributed by atoms with Crippen LogP contribution >= 0.6 is 11.6 Å². The lowest BCUT2D eigenvalue weighted by molar-refractivity contribution is 0.190. The Kier molecular flexibility index (Phi) is 4.42. The fourth-order valence-corrected chi connectivity index (χ4v) is 1.77. The molecule has 0 spiro atoms. The zero-order chi connectivity index (χ0) is 13.0. The van der Waals surface area contributed by atoms with Crippen LogP contribution in [0.2, 0.25) is 5.02 Å². The Bertz CT molecular complexity index is 491. The van der Waals surface area contributed by atoms with Gasteiger partial charge in [-0.05, 0) is 43.3 Å². The highest BCUT2D eigenvalue weighted by atomic mass is 35.5. The number of aliphatic hydroxyl groups excluding tert-OH is 1. The van der Waals surface area contributed by atoms with Crippen molar-refractivity contribution in [2.24, 2.45) is 0 Å². The number of rotatable bonds is 5. The maximum Gasteiger partial charge on any atom is 0.134 e. The predicted molar refractivity (Wildman–Crippen MR) is 72.5 cm³/mol. The standard InChI is InChI=1S/C14H16ClNO2/c1-10(17)8-16-9-13-6-7-14(18-13)11-2-4-12(15)5-3-11/h2-7,10,16-17H,8-9H2,1H3. The third-order valence-electron chi connectivity index (χ3n) is 2.53. The van der Waals surface area contributed by atoms with Crippen LogP contribution < -0.4 is 5.32 Å². The number of halogens is 1. The van der Waals surface area contributed by atoms with Gasteiger partial charge >= 0.3 is 0 Å². The van der Waals surface area contributed by atoms with Crippen molar-refractivity contribution >= 4 is 11.6 Å². The van der Waals surface area contributed by atoms with E-state index in [9.17, 15) is 0 Å². The topological polar surface area (TPSA) is 45.4 Å². The summed E-state index contributed by atoms with van der Waals surface area (Å²) in [6.07, 6.45) is -0.351. The molecule has 2 N–H and O–H groups in total. The molecule has 1 atom stereocenters. The SMILES string of the molecule is CC(O)CNCc1ccc(-c2ccc(Cl)cc2)o1.